The number of piperidine rings is 1. The molecular formula is C19H26N2O4. The molecule has 1 aliphatic heterocycles. The maximum Gasteiger partial charge on any atom is 0.316 e. The second-order valence-electron chi connectivity index (χ2n) is 6.23. The SMILES string of the molecule is CCOC(=O)C1CCCN(C(=O)C(=O)N(CC)c2cccc(C)c2)C1. The molecule has 25 heavy (non-hydrogen) atoms. The molecule has 0 bridgehead atoms. The zero-order valence-corrected chi connectivity index (χ0v) is 15.2. The van der Waals surface area contributed by atoms with Gasteiger partial charge < -0.3 is 14.5 Å². The molecule has 2 amide bonds. The molecule has 0 aromatic heterocycles. The van der Waals surface area contributed by atoms with Gasteiger partial charge in [0.05, 0.1) is 12.5 Å². The smallest absolute Gasteiger partial charge is 0.316 e. The van der Waals surface area contributed by atoms with Crippen LogP contribution in [-0.2, 0) is 19.1 Å². The van der Waals surface area contributed by atoms with Gasteiger partial charge in [0.2, 0.25) is 0 Å². The number of anilines is 1. The summed E-state index contributed by atoms with van der Waals surface area (Å²) in [5.41, 5.74) is 1.73. The summed E-state index contributed by atoms with van der Waals surface area (Å²) in [7, 11) is 0. The minimum Gasteiger partial charge on any atom is -0.466 e. The molecule has 136 valence electrons. The number of esters is 1. The maximum atomic E-state index is 12.7. The highest BCUT2D eigenvalue weighted by Crippen LogP contribution is 2.20. The molecule has 2 rings (SSSR count). The molecule has 1 saturated heterocycles. The van der Waals surface area contributed by atoms with E-state index in [1.54, 1.807) is 6.92 Å². The Kier molecular flexibility index (Phi) is 6.56. The number of likely N-dealkylation sites (tertiary alicyclic amines) is 1. The Labute approximate surface area is 148 Å². The average Bonchev–Trinajstić information content (AvgIpc) is 2.62. The van der Waals surface area contributed by atoms with Crippen molar-refractivity contribution in [3.63, 3.8) is 0 Å². The quantitative estimate of drug-likeness (QED) is 0.619. The van der Waals surface area contributed by atoms with Crippen molar-refractivity contribution in [2.45, 2.75) is 33.6 Å². The van der Waals surface area contributed by atoms with Gasteiger partial charge in [-0.1, -0.05) is 12.1 Å². The molecular weight excluding hydrogens is 320 g/mol. The van der Waals surface area contributed by atoms with Crippen molar-refractivity contribution >= 4 is 23.5 Å². The lowest BCUT2D eigenvalue weighted by molar-refractivity contribution is -0.153. The lowest BCUT2D eigenvalue weighted by atomic mass is 9.98. The lowest BCUT2D eigenvalue weighted by Gasteiger charge is -2.32. The van der Waals surface area contributed by atoms with Gasteiger partial charge in [-0.05, 0) is 51.3 Å². The second-order valence-corrected chi connectivity index (χ2v) is 6.23. The highest BCUT2D eigenvalue weighted by molar-refractivity contribution is 6.40. The highest BCUT2D eigenvalue weighted by atomic mass is 16.5. The van der Waals surface area contributed by atoms with Crippen LogP contribution in [0.4, 0.5) is 5.69 Å². The van der Waals surface area contributed by atoms with Gasteiger partial charge in [0.1, 0.15) is 0 Å². The number of hydrogen-bond donors (Lipinski definition) is 0. The van der Waals surface area contributed by atoms with E-state index < -0.39 is 11.8 Å². The summed E-state index contributed by atoms with van der Waals surface area (Å²) >= 11 is 0. The van der Waals surface area contributed by atoms with Crippen molar-refractivity contribution in [2.75, 3.05) is 31.1 Å². The zero-order chi connectivity index (χ0) is 18.4. The molecule has 1 unspecified atom stereocenters. The minimum atomic E-state index is -0.558. The Bertz CT molecular complexity index is 644. The van der Waals surface area contributed by atoms with Crippen LogP contribution in [0.25, 0.3) is 0 Å². The Hall–Kier alpha value is -2.37. The summed E-state index contributed by atoms with van der Waals surface area (Å²) in [6.45, 7) is 7.00. The summed E-state index contributed by atoms with van der Waals surface area (Å²) in [6.07, 6.45) is 1.38. The van der Waals surface area contributed by atoms with E-state index >= 15 is 0 Å². The number of ether oxygens (including phenoxy) is 1. The summed E-state index contributed by atoms with van der Waals surface area (Å²) in [5.74, 6) is -1.76. The predicted octanol–water partition coefficient (Wildman–Crippen LogP) is 2.15. The molecule has 1 aromatic rings. The predicted molar refractivity (Wildman–Crippen MR) is 95.1 cm³/mol. The number of carbonyl (C=O) groups excluding carboxylic acids is 3. The van der Waals surface area contributed by atoms with Gasteiger partial charge in [-0.25, -0.2) is 0 Å². The fourth-order valence-electron chi connectivity index (χ4n) is 3.10. The van der Waals surface area contributed by atoms with E-state index in [1.807, 2.05) is 38.1 Å². The fraction of sp³-hybridized carbons (Fsp3) is 0.526. The third kappa shape index (κ3) is 4.59. The first-order valence-corrected chi connectivity index (χ1v) is 8.82. The van der Waals surface area contributed by atoms with E-state index in [0.717, 1.165) is 5.56 Å². The molecule has 1 heterocycles. The van der Waals surface area contributed by atoms with E-state index in [2.05, 4.69) is 0 Å². The number of amides is 2. The lowest BCUT2D eigenvalue weighted by Crippen LogP contribution is -2.50. The fourth-order valence-corrected chi connectivity index (χ4v) is 3.10. The van der Waals surface area contributed by atoms with Gasteiger partial charge in [0, 0.05) is 25.3 Å². The van der Waals surface area contributed by atoms with Gasteiger partial charge in [-0.15, -0.1) is 0 Å². The standard InChI is InChI=1S/C19H26N2O4/c1-4-21(16-10-6-8-14(3)12-16)18(23)17(22)20-11-7-9-15(13-20)19(24)25-5-2/h6,8,10,12,15H,4-5,7,9,11,13H2,1-3H3. The van der Waals surface area contributed by atoms with E-state index in [4.69, 9.17) is 4.74 Å². The molecule has 1 aliphatic rings. The van der Waals surface area contributed by atoms with Crippen molar-refractivity contribution < 1.29 is 19.1 Å². The summed E-state index contributed by atoms with van der Waals surface area (Å²) in [6, 6.07) is 7.51. The Morgan fingerprint density at radius 1 is 1.28 bits per heavy atom. The first-order valence-electron chi connectivity index (χ1n) is 8.82. The molecule has 0 spiro atoms. The van der Waals surface area contributed by atoms with Crippen molar-refractivity contribution in [3.8, 4) is 0 Å². The van der Waals surface area contributed by atoms with E-state index in [-0.39, 0.29) is 18.4 Å². The molecule has 0 saturated carbocycles. The maximum absolute atomic E-state index is 12.7. The summed E-state index contributed by atoms with van der Waals surface area (Å²) in [5, 5.41) is 0. The van der Waals surface area contributed by atoms with E-state index in [1.165, 1.54) is 9.80 Å². The molecule has 6 nitrogen and oxygen atoms in total. The van der Waals surface area contributed by atoms with E-state index in [0.29, 0.717) is 38.2 Å². The van der Waals surface area contributed by atoms with Crippen molar-refractivity contribution in [3.05, 3.63) is 29.8 Å². The molecule has 1 aromatic carbocycles. The van der Waals surface area contributed by atoms with Crippen LogP contribution in [0.5, 0.6) is 0 Å². The van der Waals surface area contributed by atoms with Gasteiger partial charge in [-0.2, -0.15) is 0 Å². The Morgan fingerprint density at radius 3 is 2.68 bits per heavy atom. The normalized spacial score (nSPS) is 17.1. The van der Waals surface area contributed by atoms with Gasteiger partial charge >= 0.3 is 17.8 Å². The number of aryl methyl sites for hydroxylation is 1. The number of rotatable bonds is 4. The Balaban J connectivity index is 2.09. The topological polar surface area (TPSA) is 66.9 Å². The van der Waals surface area contributed by atoms with Crippen LogP contribution in [0.3, 0.4) is 0 Å². The number of nitrogens with zero attached hydrogens (tertiary/aromatic N) is 2. The highest BCUT2D eigenvalue weighted by Gasteiger charge is 2.33. The first kappa shape index (κ1) is 19.0. The third-order valence-electron chi connectivity index (χ3n) is 4.39. The van der Waals surface area contributed by atoms with Crippen LogP contribution in [0, 0.1) is 12.8 Å². The van der Waals surface area contributed by atoms with E-state index in [9.17, 15) is 14.4 Å². The van der Waals surface area contributed by atoms with Crippen molar-refractivity contribution in [1.82, 2.24) is 4.90 Å². The molecule has 0 N–H and O–H groups in total. The summed E-state index contributed by atoms with van der Waals surface area (Å²) < 4.78 is 5.05. The number of benzene rings is 1. The largest absolute Gasteiger partial charge is 0.466 e. The van der Waals surface area contributed by atoms with Crippen molar-refractivity contribution in [2.24, 2.45) is 5.92 Å². The van der Waals surface area contributed by atoms with Crippen molar-refractivity contribution in [1.29, 1.82) is 0 Å². The monoisotopic (exact) mass is 346 g/mol. The van der Waals surface area contributed by atoms with Gasteiger partial charge in [0.15, 0.2) is 0 Å². The number of carbonyl (C=O) groups is 3. The van der Waals surface area contributed by atoms with Crippen LogP contribution < -0.4 is 4.90 Å². The second kappa shape index (κ2) is 8.65. The molecule has 0 aliphatic carbocycles. The molecule has 0 radical (unpaired) electrons. The molecule has 1 fully saturated rings. The average molecular weight is 346 g/mol. The number of hydrogen-bond acceptors (Lipinski definition) is 4. The first-order chi connectivity index (χ1) is 12.0. The van der Waals surface area contributed by atoms with Crippen LogP contribution in [0.2, 0.25) is 0 Å². The third-order valence-corrected chi connectivity index (χ3v) is 4.39. The van der Waals surface area contributed by atoms with Gasteiger partial charge in [0.25, 0.3) is 0 Å². The van der Waals surface area contributed by atoms with Crippen LogP contribution in [0.15, 0.2) is 24.3 Å². The minimum absolute atomic E-state index is 0.245. The molecule has 1 atom stereocenters. The Morgan fingerprint density at radius 2 is 2.04 bits per heavy atom. The van der Waals surface area contributed by atoms with Crippen LogP contribution in [0.1, 0.15) is 32.3 Å². The molecule has 6 heteroatoms. The van der Waals surface area contributed by atoms with Crippen LogP contribution in [-0.4, -0.2) is 48.9 Å². The van der Waals surface area contributed by atoms with Crippen LogP contribution >= 0.6 is 0 Å². The van der Waals surface area contributed by atoms with Gasteiger partial charge in [-0.3, -0.25) is 14.4 Å². The summed E-state index contributed by atoms with van der Waals surface area (Å²) in [4.78, 5) is 40.3. The number of likely N-dealkylation sites (N-methyl/N-ethyl adjacent to an activating group) is 1. The zero-order valence-electron chi connectivity index (χ0n) is 15.2.